The van der Waals surface area contributed by atoms with Crippen LogP contribution in [0, 0.1) is 5.82 Å². The molecule has 5 rings (SSSR count). The number of amides is 1. The molecule has 32 heavy (non-hydrogen) atoms. The molecule has 0 saturated heterocycles. The Morgan fingerprint density at radius 1 is 1.03 bits per heavy atom. The van der Waals surface area contributed by atoms with Gasteiger partial charge in [-0.05, 0) is 30.3 Å². The van der Waals surface area contributed by atoms with E-state index in [2.05, 4.69) is 9.84 Å². The molecule has 1 atom stereocenters. The topological polar surface area (TPSA) is 51.1 Å². The van der Waals surface area contributed by atoms with Gasteiger partial charge in [-0.15, -0.1) is 8.78 Å². The highest BCUT2D eigenvalue weighted by molar-refractivity contribution is 8.14. The first kappa shape index (κ1) is 20.7. The van der Waals surface area contributed by atoms with Gasteiger partial charge in [0.15, 0.2) is 11.5 Å². The van der Waals surface area contributed by atoms with Crippen LogP contribution >= 0.6 is 23.4 Å². The van der Waals surface area contributed by atoms with Crippen molar-refractivity contribution in [2.45, 2.75) is 11.7 Å². The maximum absolute atomic E-state index is 14.3. The lowest BCUT2D eigenvalue weighted by molar-refractivity contribution is -0.287. The number of carbonyl (C=O) groups excluding carboxylic acids is 1. The van der Waals surface area contributed by atoms with Crippen LogP contribution < -0.4 is 9.47 Å². The van der Waals surface area contributed by atoms with Gasteiger partial charge in [-0.1, -0.05) is 59.8 Å². The molecule has 2 aliphatic rings. The number of para-hydroxylation sites is 1. The predicted molar refractivity (Wildman–Crippen MR) is 114 cm³/mol. The summed E-state index contributed by atoms with van der Waals surface area (Å²) in [6.45, 7) is 0. The van der Waals surface area contributed by atoms with Crippen molar-refractivity contribution in [3.05, 3.63) is 94.3 Å². The number of benzene rings is 3. The van der Waals surface area contributed by atoms with Gasteiger partial charge in [0.05, 0.1) is 5.56 Å². The number of hydrazone groups is 1. The summed E-state index contributed by atoms with van der Waals surface area (Å²) >= 11 is 7.09. The number of fused-ring (bicyclic) bond motifs is 1. The SMILES string of the molecule is O=C(c1ccccc1F)N1N=C(c2ccc(Cl)cc2)SC1c1cccc2c1OC(F)(F)O2. The quantitative estimate of drug-likeness (QED) is 0.462. The zero-order chi connectivity index (χ0) is 22.5. The van der Waals surface area contributed by atoms with Crippen LogP contribution in [-0.2, 0) is 0 Å². The summed E-state index contributed by atoms with van der Waals surface area (Å²) in [4.78, 5) is 13.2. The molecule has 5 nitrogen and oxygen atoms in total. The first-order chi connectivity index (χ1) is 15.3. The van der Waals surface area contributed by atoms with E-state index in [0.717, 1.165) is 22.8 Å². The van der Waals surface area contributed by atoms with Crippen LogP contribution in [0.4, 0.5) is 13.2 Å². The fraction of sp³-hybridized carbons (Fsp3) is 0.0909. The number of alkyl halides is 2. The van der Waals surface area contributed by atoms with Gasteiger partial charge in [0.2, 0.25) is 0 Å². The molecule has 162 valence electrons. The second-order valence-corrected chi connectivity index (χ2v) is 8.36. The molecule has 2 heterocycles. The van der Waals surface area contributed by atoms with Crippen molar-refractivity contribution in [2.24, 2.45) is 5.10 Å². The fourth-order valence-electron chi connectivity index (χ4n) is 3.34. The molecule has 3 aromatic carbocycles. The van der Waals surface area contributed by atoms with Gasteiger partial charge in [-0.25, -0.2) is 9.40 Å². The van der Waals surface area contributed by atoms with E-state index in [1.165, 1.54) is 36.4 Å². The summed E-state index contributed by atoms with van der Waals surface area (Å²) in [7, 11) is 0. The van der Waals surface area contributed by atoms with Crippen molar-refractivity contribution in [3.8, 4) is 11.5 Å². The minimum absolute atomic E-state index is 0.161. The summed E-state index contributed by atoms with van der Waals surface area (Å²) in [5, 5.41) is 5.50. The minimum atomic E-state index is -3.83. The summed E-state index contributed by atoms with van der Waals surface area (Å²) in [5.74, 6) is -1.81. The number of hydrogen-bond donors (Lipinski definition) is 0. The van der Waals surface area contributed by atoms with Gasteiger partial charge in [0.1, 0.15) is 16.2 Å². The van der Waals surface area contributed by atoms with Crippen LogP contribution in [0.25, 0.3) is 0 Å². The lowest BCUT2D eigenvalue weighted by Crippen LogP contribution is -2.28. The van der Waals surface area contributed by atoms with E-state index in [9.17, 15) is 18.0 Å². The first-order valence-electron chi connectivity index (χ1n) is 9.30. The van der Waals surface area contributed by atoms with Gasteiger partial charge in [-0.3, -0.25) is 4.79 Å². The van der Waals surface area contributed by atoms with E-state index in [0.29, 0.717) is 15.6 Å². The molecule has 0 aromatic heterocycles. The van der Waals surface area contributed by atoms with Crippen LogP contribution in [0.2, 0.25) is 5.02 Å². The molecule has 0 saturated carbocycles. The summed E-state index contributed by atoms with van der Waals surface area (Å²) in [6.07, 6.45) is -3.83. The lowest BCUT2D eigenvalue weighted by atomic mass is 10.1. The largest absolute Gasteiger partial charge is 0.586 e. The third-order valence-corrected chi connectivity index (χ3v) is 6.24. The maximum Gasteiger partial charge on any atom is 0.586 e. The number of ether oxygens (including phenoxy) is 2. The molecule has 0 N–H and O–H groups in total. The van der Waals surface area contributed by atoms with E-state index in [4.69, 9.17) is 16.3 Å². The van der Waals surface area contributed by atoms with Crippen LogP contribution in [0.15, 0.2) is 71.8 Å². The average Bonchev–Trinajstić information content (AvgIpc) is 3.33. The molecular weight excluding hydrogens is 465 g/mol. The average molecular weight is 477 g/mol. The van der Waals surface area contributed by atoms with Gasteiger partial charge < -0.3 is 9.47 Å². The Labute approximate surface area is 189 Å². The van der Waals surface area contributed by atoms with E-state index in [1.807, 2.05) is 0 Å². The first-order valence-corrected chi connectivity index (χ1v) is 10.6. The van der Waals surface area contributed by atoms with Crippen molar-refractivity contribution in [1.82, 2.24) is 5.01 Å². The van der Waals surface area contributed by atoms with Gasteiger partial charge in [0, 0.05) is 16.1 Å². The van der Waals surface area contributed by atoms with Crippen LogP contribution in [-0.4, -0.2) is 22.3 Å². The molecule has 1 amide bonds. The summed E-state index contributed by atoms with van der Waals surface area (Å²) in [5.41, 5.74) is 0.694. The Kier molecular flexibility index (Phi) is 5.02. The Bertz CT molecular complexity index is 1250. The number of hydrogen-bond acceptors (Lipinski definition) is 5. The highest BCUT2D eigenvalue weighted by Gasteiger charge is 2.47. The predicted octanol–water partition coefficient (Wildman–Crippen LogP) is 6.05. The summed E-state index contributed by atoms with van der Waals surface area (Å²) < 4.78 is 51.1. The van der Waals surface area contributed by atoms with Crippen LogP contribution in [0.5, 0.6) is 11.5 Å². The fourth-order valence-corrected chi connectivity index (χ4v) is 4.64. The molecule has 1 unspecified atom stereocenters. The van der Waals surface area contributed by atoms with Crippen molar-refractivity contribution in [2.75, 3.05) is 0 Å². The van der Waals surface area contributed by atoms with Crippen LogP contribution in [0.3, 0.4) is 0 Å². The van der Waals surface area contributed by atoms with E-state index in [-0.39, 0.29) is 22.6 Å². The number of rotatable bonds is 3. The number of nitrogens with zero attached hydrogens (tertiary/aromatic N) is 2. The Morgan fingerprint density at radius 2 is 1.78 bits per heavy atom. The van der Waals surface area contributed by atoms with Crippen molar-refractivity contribution >= 4 is 34.3 Å². The molecule has 0 radical (unpaired) electrons. The lowest BCUT2D eigenvalue weighted by Gasteiger charge is -2.22. The van der Waals surface area contributed by atoms with Crippen molar-refractivity contribution < 1.29 is 27.4 Å². The van der Waals surface area contributed by atoms with Crippen molar-refractivity contribution in [3.63, 3.8) is 0 Å². The molecule has 2 aliphatic heterocycles. The second-order valence-electron chi connectivity index (χ2n) is 6.85. The zero-order valence-electron chi connectivity index (χ0n) is 16.0. The maximum atomic E-state index is 14.3. The highest BCUT2D eigenvalue weighted by atomic mass is 35.5. The van der Waals surface area contributed by atoms with E-state index < -0.39 is 23.4 Å². The highest BCUT2D eigenvalue weighted by Crippen LogP contribution is 2.51. The molecule has 0 fully saturated rings. The van der Waals surface area contributed by atoms with E-state index >= 15 is 0 Å². The third kappa shape index (κ3) is 3.67. The molecular formula is C22H12ClF3N2O3S. The normalized spacial score (nSPS) is 18.6. The zero-order valence-corrected chi connectivity index (χ0v) is 17.5. The Balaban J connectivity index is 1.59. The minimum Gasteiger partial charge on any atom is -0.395 e. The van der Waals surface area contributed by atoms with Gasteiger partial charge in [-0.2, -0.15) is 5.10 Å². The van der Waals surface area contributed by atoms with Crippen LogP contribution in [0.1, 0.15) is 26.9 Å². The van der Waals surface area contributed by atoms with Gasteiger partial charge >= 0.3 is 6.29 Å². The third-order valence-electron chi connectivity index (χ3n) is 4.77. The monoisotopic (exact) mass is 476 g/mol. The molecule has 3 aromatic rings. The number of carbonyl (C=O) groups is 1. The number of halogens is 4. The number of thioether (sulfide) groups is 1. The molecule has 0 aliphatic carbocycles. The van der Waals surface area contributed by atoms with E-state index in [1.54, 1.807) is 24.3 Å². The molecule has 10 heteroatoms. The standard InChI is InChI=1S/C22H12ClF3N2O3S/c23-13-10-8-12(9-11-13)19-27-28(20(29)14-4-1-2-6-16(14)24)21(32-19)15-5-3-7-17-18(15)31-22(25,26)30-17/h1-11,21H. The van der Waals surface area contributed by atoms with Gasteiger partial charge in [0.25, 0.3) is 5.91 Å². The molecule has 0 spiro atoms. The Hall–Kier alpha value is -3.17. The molecule has 0 bridgehead atoms. The summed E-state index contributed by atoms with van der Waals surface area (Å²) in [6, 6.07) is 16.6. The second kappa shape index (κ2) is 7.75. The Morgan fingerprint density at radius 3 is 2.53 bits per heavy atom. The van der Waals surface area contributed by atoms with Crippen molar-refractivity contribution in [1.29, 1.82) is 0 Å². The smallest absolute Gasteiger partial charge is 0.395 e.